The molecule has 9 nitrogen and oxygen atoms in total. The molecule has 6 rings (SSSR count). The number of aliphatic hydroxyl groups is 3. The van der Waals surface area contributed by atoms with Crippen molar-refractivity contribution in [2.75, 3.05) is 6.61 Å². The van der Waals surface area contributed by atoms with Gasteiger partial charge in [0.25, 0.3) is 0 Å². The van der Waals surface area contributed by atoms with E-state index in [9.17, 15) is 15.3 Å². The first-order valence-corrected chi connectivity index (χ1v) is 10.7. The van der Waals surface area contributed by atoms with Crippen LogP contribution < -0.4 is 5.32 Å². The fourth-order valence-corrected chi connectivity index (χ4v) is 6.54. The molecule has 0 aromatic carbocycles. The molecule has 2 saturated carbocycles. The average molecular weight is 403 g/mol. The van der Waals surface area contributed by atoms with E-state index in [2.05, 4.69) is 10.3 Å². The third-order valence-electron chi connectivity index (χ3n) is 8.29. The van der Waals surface area contributed by atoms with E-state index in [-0.39, 0.29) is 12.8 Å². The van der Waals surface area contributed by atoms with Crippen LogP contribution in [0, 0.1) is 11.8 Å². The van der Waals surface area contributed by atoms with Gasteiger partial charge in [-0.2, -0.15) is 0 Å². The summed E-state index contributed by atoms with van der Waals surface area (Å²) in [5.74, 6) is 2.35. The second kappa shape index (κ2) is 5.72. The molecule has 158 valence electrons. The molecular formula is C20H29N5O4. The van der Waals surface area contributed by atoms with Crippen LogP contribution in [-0.4, -0.2) is 86.2 Å². The number of aliphatic imine (C=N–C) groups is 2. The van der Waals surface area contributed by atoms with Crippen LogP contribution in [0.3, 0.4) is 0 Å². The zero-order valence-electron chi connectivity index (χ0n) is 16.8. The van der Waals surface area contributed by atoms with Gasteiger partial charge in [-0.05, 0) is 44.9 Å². The fraction of sp³-hybridized carbons (Fsp3) is 0.800. The zero-order valence-corrected chi connectivity index (χ0v) is 16.8. The molecule has 2 bridgehead atoms. The highest BCUT2D eigenvalue weighted by molar-refractivity contribution is 5.71. The largest absolute Gasteiger partial charge is 0.394 e. The van der Waals surface area contributed by atoms with Gasteiger partial charge in [0.15, 0.2) is 23.8 Å². The standard InChI is InChI=1S/C20H29N5O4/c1-19(2)20(28)15(27)13(7-26)29-18(20)24-8-21-14-16(22-9-25(19)17(14)24)23-12-6-10-3-4-11(12)5-10/h8-13,15,17-18,23,26-28H,3-7H2,1-2H3/t10?,11?,12?,13-,15-,17?,18-,20-/m1/s1. The van der Waals surface area contributed by atoms with Crippen molar-refractivity contribution in [2.24, 2.45) is 21.8 Å². The lowest BCUT2D eigenvalue weighted by atomic mass is 9.73. The van der Waals surface area contributed by atoms with E-state index in [1.165, 1.54) is 25.7 Å². The Kier molecular flexibility index (Phi) is 3.57. The zero-order chi connectivity index (χ0) is 20.1. The predicted molar refractivity (Wildman–Crippen MR) is 105 cm³/mol. The van der Waals surface area contributed by atoms with Crippen molar-refractivity contribution in [3.05, 3.63) is 11.5 Å². The Morgan fingerprint density at radius 2 is 2.07 bits per heavy atom. The van der Waals surface area contributed by atoms with Gasteiger partial charge in [-0.1, -0.05) is 6.42 Å². The van der Waals surface area contributed by atoms with Crippen molar-refractivity contribution in [3.63, 3.8) is 0 Å². The monoisotopic (exact) mass is 403 g/mol. The minimum atomic E-state index is -1.61. The molecule has 4 heterocycles. The first kappa shape index (κ1) is 18.1. The van der Waals surface area contributed by atoms with Gasteiger partial charge in [0.2, 0.25) is 0 Å². The van der Waals surface area contributed by atoms with Crippen LogP contribution in [0.5, 0.6) is 0 Å². The summed E-state index contributed by atoms with van der Waals surface area (Å²) in [7, 11) is 0. The summed E-state index contributed by atoms with van der Waals surface area (Å²) >= 11 is 0. The highest BCUT2D eigenvalue weighted by Crippen LogP contribution is 2.51. The smallest absolute Gasteiger partial charge is 0.167 e. The van der Waals surface area contributed by atoms with Crippen LogP contribution in [0.15, 0.2) is 21.5 Å². The third-order valence-corrected chi connectivity index (χ3v) is 8.29. The summed E-state index contributed by atoms with van der Waals surface area (Å²) in [6, 6.07) is 0.445. The molecule has 29 heavy (non-hydrogen) atoms. The van der Waals surface area contributed by atoms with Crippen molar-refractivity contribution in [3.8, 4) is 0 Å². The SMILES string of the molecule is CC1(C)N2C=NC(NC3CC4CCC3C4)=C3N=CN(C32)[C@@H]2O[C@H](CO)[C@@H](O)[C@@]21O. The minimum absolute atomic E-state index is 0.265. The third kappa shape index (κ3) is 2.09. The van der Waals surface area contributed by atoms with Gasteiger partial charge in [0.05, 0.1) is 24.8 Å². The average Bonchev–Trinajstić information content (AvgIpc) is 3.46. The second-order valence-electron chi connectivity index (χ2n) is 9.92. The Morgan fingerprint density at radius 3 is 2.76 bits per heavy atom. The summed E-state index contributed by atoms with van der Waals surface area (Å²) in [5.41, 5.74) is -1.68. The molecule has 9 heteroatoms. The molecule has 0 radical (unpaired) electrons. The molecule has 0 aromatic rings. The summed E-state index contributed by atoms with van der Waals surface area (Å²) < 4.78 is 5.92. The van der Waals surface area contributed by atoms with Crippen molar-refractivity contribution < 1.29 is 20.1 Å². The molecular weight excluding hydrogens is 374 g/mol. The highest BCUT2D eigenvalue weighted by atomic mass is 16.6. The normalized spacial score (nSPS) is 48.5. The Morgan fingerprint density at radius 1 is 1.24 bits per heavy atom. The number of nitrogens with one attached hydrogen (secondary N) is 1. The number of hydrogen-bond acceptors (Lipinski definition) is 9. The van der Waals surface area contributed by atoms with Crippen LogP contribution in [0.1, 0.15) is 39.5 Å². The van der Waals surface area contributed by atoms with E-state index >= 15 is 0 Å². The Bertz CT molecular complexity index is 828. The quantitative estimate of drug-likeness (QED) is 0.505. The van der Waals surface area contributed by atoms with Crippen molar-refractivity contribution in [1.82, 2.24) is 15.1 Å². The van der Waals surface area contributed by atoms with E-state index in [0.717, 1.165) is 17.4 Å². The second-order valence-corrected chi connectivity index (χ2v) is 9.92. The molecule has 6 aliphatic rings. The molecule has 2 saturated heterocycles. The van der Waals surface area contributed by atoms with E-state index in [1.54, 1.807) is 12.7 Å². The van der Waals surface area contributed by atoms with Crippen molar-refractivity contribution in [2.45, 2.75) is 81.3 Å². The van der Waals surface area contributed by atoms with Gasteiger partial charge in [0.1, 0.15) is 17.9 Å². The molecule has 4 unspecified atom stereocenters. The summed E-state index contributed by atoms with van der Waals surface area (Å²) in [4.78, 5) is 13.1. The molecule has 0 spiro atoms. The van der Waals surface area contributed by atoms with Crippen LogP contribution in [0.2, 0.25) is 0 Å². The maximum atomic E-state index is 11.6. The van der Waals surface area contributed by atoms with E-state index in [0.29, 0.717) is 12.0 Å². The van der Waals surface area contributed by atoms with Crippen molar-refractivity contribution in [1.29, 1.82) is 0 Å². The Labute approximate surface area is 169 Å². The van der Waals surface area contributed by atoms with E-state index in [4.69, 9.17) is 9.73 Å². The number of fused-ring (bicyclic) bond motifs is 4. The first-order valence-electron chi connectivity index (χ1n) is 10.7. The Balaban J connectivity index is 1.36. The summed E-state index contributed by atoms with van der Waals surface area (Å²) in [6.07, 6.45) is 5.41. The van der Waals surface area contributed by atoms with Gasteiger partial charge < -0.3 is 35.2 Å². The molecule has 0 aromatic heterocycles. The topological polar surface area (TPSA) is 113 Å². The van der Waals surface area contributed by atoms with Gasteiger partial charge in [0, 0.05) is 6.04 Å². The van der Waals surface area contributed by atoms with Crippen molar-refractivity contribution >= 4 is 12.7 Å². The number of ether oxygens (including phenoxy) is 1. The lowest BCUT2D eigenvalue weighted by Crippen LogP contribution is -2.79. The molecule has 0 amide bonds. The lowest BCUT2D eigenvalue weighted by molar-refractivity contribution is -0.229. The van der Waals surface area contributed by atoms with Gasteiger partial charge in [-0.15, -0.1) is 0 Å². The van der Waals surface area contributed by atoms with Crippen LogP contribution in [0.4, 0.5) is 0 Å². The molecule has 2 aliphatic carbocycles. The van der Waals surface area contributed by atoms with Crippen LogP contribution in [0.25, 0.3) is 0 Å². The summed E-state index contributed by atoms with van der Waals surface area (Å²) in [5, 5.41) is 35.7. The highest BCUT2D eigenvalue weighted by Gasteiger charge is 2.71. The summed E-state index contributed by atoms with van der Waals surface area (Å²) in [6.45, 7) is 3.39. The maximum Gasteiger partial charge on any atom is 0.167 e. The minimum Gasteiger partial charge on any atom is -0.394 e. The van der Waals surface area contributed by atoms with Gasteiger partial charge >= 0.3 is 0 Å². The van der Waals surface area contributed by atoms with Gasteiger partial charge in [-0.25, -0.2) is 9.98 Å². The maximum absolute atomic E-state index is 11.6. The fourth-order valence-electron chi connectivity index (χ4n) is 6.54. The number of rotatable bonds is 3. The lowest BCUT2D eigenvalue weighted by Gasteiger charge is -2.60. The molecule has 4 N–H and O–H groups in total. The predicted octanol–water partition coefficient (Wildman–Crippen LogP) is -0.451. The molecule has 4 fully saturated rings. The van der Waals surface area contributed by atoms with Crippen LogP contribution >= 0.6 is 0 Å². The van der Waals surface area contributed by atoms with Gasteiger partial charge in [-0.3, -0.25) is 0 Å². The number of aliphatic hydroxyl groups excluding tert-OH is 2. The van der Waals surface area contributed by atoms with E-state index < -0.39 is 29.6 Å². The van der Waals surface area contributed by atoms with E-state index in [1.807, 2.05) is 23.6 Å². The molecule has 4 aliphatic heterocycles. The molecule has 8 atom stereocenters. The number of hydrogen-bond donors (Lipinski definition) is 4. The first-order chi connectivity index (χ1) is 13.9. The van der Waals surface area contributed by atoms with Crippen LogP contribution in [-0.2, 0) is 4.74 Å². The Hall–Kier alpha value is -1.68. The number of nitrogens with zero attached hydrogens (tertiary/aromatic N) is 4.